The second-order valence-electron chi connectivity index (χ2n) is 4.10. The number of H-pyrrole nitrogens is 1. The summed E-state index contributed by atoms with van der Waals surface area (Å²) in [7, 11) is 0. The van der Waals surface area contributed by atoms with Crippen molar-refractivity contribution in [1.29, 1.82) is 0 Å². The van der Waals surface area contributed by atoms with E-state index in [9.17, 15) is 0 Å². The van der Waals surface area contributed by atoms with Gasteiger partial charge >= 0.3 is 0 Å². The number of pyridine rings is 1. The zero-order chi connectivity index (χ0) is 13.2. The Hall–Kier alpha value is -1.72. The highest BCUT2D eigenvalue weighted by Crippen LogP contribution is 2.24. The number of imidazole rings is 1. The normalized spacial score (nSPS) is 11.0. The van der Waals surface area contributed by atoms with Crippen LogP contribution < -0.4 is 5.73 Å². The molecular weight excluding hydrogens is 280 g/mol. The van der Waals surface area contributed by atoms with Gasteiger partial charge in [-0.3, -0.25) is 0 Å². The molecule has 0 saturated carbocycles. The van der Waals surface area contributed by atoms with Crippen molar-refractivity contribution in [2.75, 3.05) is 5.73 Å². The zero-order valence-electron chi connectivity index (χ0n) is 9.93. The molecule has 0 spiro atoms. The van der Waals surface area contributed by atoms with Gasteiger partial charge in [0.15, 0.2) is 5.16 Å². The molecule has 0 aliphatic carbocycles. The second kappa shape index (κ2) is 5.11. The number of rotatable bonds is 3. The quantitative estimate of drug-likeness (QED) is 0.440. The summed E-state index contributed by atoms with van der Waals surface area (Å²) in [5.74, 6) is 0.791. The van der Waals surface area contributed by atoms with Gasteiger partial charge in [-0.25, -0.2) is 9.97 Å². The number of fused-ring (bicyclic) bond motifs is 1. The Morgan fingerprint density at radius 3 is 2.95 bits per heavy atom. The fourth-order valence-electron chi connectivity index (χ4n) is 1.72. The molecule has 0 unspecified atom stereocenters. The van der Waals surface area contributed by atoms with E-state index in [1.807, 2.05) is 24.3 Å². The molecule has 0 aliphatic heterocycles. The lowest BCUT2D eigenvalue weighted by Gasteiger charge is -1.98. The molecule has 0 amide bonds. The van der Waals surface area contributed by atoms with Crippen molar-refractivity contribution in [2.24, 2.45) is 0 Å². The summed E-state index contributed by atoms with van der Waals surface area (Å²) in [5.41, 5.74) is 9.45. The van der Waals surface area contributed by atoms with Gasteiger partial charge in [-0.05, 0) is 29.8 Å². The largest absolute Gasteiger partial charge is 0.399 e. The number of nitrogen functional groups attached to an aromatic ring is 1. The van der Waals surface area contributed by atoms with Crippen LogP contribution in [0.1, 0.15) is 5.56 Å². The Morgan fingerprint density at radius 1 is 1.26 bits per heavy atom. The highest BCUT2D eigenvalue weighted by atomic mass is 35.5. The van der Waals surface area contributed by atoms with Gasteiger partial charge in [0.1, 0.15) is 5.15 Å². The summed E-state index contributed by atoms with van der Waals surface area (Å²) in [6, 6.07) is 9.39. The molecular formula is C13H11ClN4S. The number of nitrogens with one attached hydrogen (secondary N) is 1. The Bertz CT molecular complexity index is 708. The first-order valence-corrected chi connectivity index (χ1v) is 7.05. The molecule has 0 radical (unpaired) electrons. The van der Waals surface area contributed by atoms with E-state index in [4.69, 9.17) is 17.3 Å². The van der Waals surface area contributed by atoms with E-state index in [1.54, 1.807) is 24.0 Å². The van der Waals surface area contributed by atoms with Crippen molar-refractivity contribution < 1.29 is 0 Å². The van der Waals surface area contributed by atoms with Gasteiger partial charge in [0.25, 0.3) is 0 Å². The Balaban J connectivity index is 1.76. The first-order valence-electron chi connectivity index (χ1n) is 5.69. The minimum Gasteiger partial charge on any atom is -0.399 e. The number of benzene rings is 1. The molecule has 0 aliphatic rings. The summed E-state index contributed by atoms with van der Waals surface area (Å²) < 4.78 is 0. The molecule has 19 heavy (non-hydrogen) atoms. The van der Waals surface area contributed by atoms with Gasteiger partial charge in [0.05, 0.1) is 11.0 Å². The molecule has 4 nitrogen and oxygen atoms in total. The number of nitrogens with two attached hydrogens (primary N) is 1. The molecule has 0 fully saturated rings. The maximum atomic E-state index is 5.75. The molecule has 1 aromatic carbocycles. The number of hydrogen-bond donors (Lipinski definition) is 2. The fraction of sp³-hybridized carbons (Fsp3) is 0.0769. The van der Waals surface area contributed by atoms with Gasteiger partial charge in [-0.2, -0.15) is 0 Å². The standard InChI is InChI=1S/C13H11ClN4S/c14-12-4-1-8(6-16-12)7-19-13-17-10-3-2-9(15)5-11(10)18-13/h1-6H,7,15H2,(H,17,18). The van der Waals surface area contributed by atoms with Crippen molar-refractivity contribution in [1.82, 2.24) is 15.0 Å². The summed E-state index contributed by atoms with van der Waals surface area (Å²) in [4.78, 5) is 11.8. The molecule has 0 atom stereocenters. The third-order valence-electron chi connectivity index (χ3n) is 2.65. The van der Waals surface area contributed by atoms with Crippen molar-refractivity contribution in [3.8, 4) is 0 Å². The lowest BCUT2D eigenvalue weighted by Crippen LogP contribution is -1.83. The molecule has 96 valence electrons. The molecule has 2 heterocycles. The summed E-state index contributed by atoms with van der Waals surface area (Å²) in [5, 5.41) is 1.38. The number of hydrogen-bond acceptors (Lipinski definition) is 4. The highest BCUT2D eigenvalue weighted by Gasteiger charge is 2.04. The average molecular weight is 291 g/mol. The molecule has 3 aromatic rings. The van der Waals surface area contributed by atoms with Crippen LogP contribution in [0.3, 0.4) is 0 Å². The minimum absolute atomic E-state index is 0.507. The van der Waals surface area contributed by atoms with E-state index < -0.39 is 0 Å². The topological polar surface area (TPSA) is 67.6 Å². The van der Waals surface area contributed by atoms with E-state index in [1.165, 1.54) is 0 Å². The van der Waals surface area contributed by atoms with Crippen molar-refractivity contribution in [3.63, 3.8) is 0 Å². The predicted molar refractivity (Wildman–Crippen MR) is 79.3 cm³/mol. The van der Waals surface area contributed by atoms with Crippen LogP contribution >= 0.6 is 23.4 Å². The van der Waals surface area contributed by atoms with Gasteiger partial charge in [0.2, 0.25) is 0 Å². The predicted octanol–water partition coefficient (Wildman–Crippen LogP) is 3.49. The van der Waals surface area contributed by atoms with Gasteiger partial charge in [-0.15, -0.1) is 0 Å². The monoisotopic (exact) mass is 290 g/mol. The number of aromatic amines is 1. The number of halogens is 1. The lowest BCUT2D eigenvalue weighted by molar-refractivity contribution is 1.08. The number of aromatic nitrogens is 3. The number of anilines is 1. The van der Waals surface area contributed by atoms with Crippen molar-refractivity contribution >= 4 is 40.1 Å². The van der Waals surface area contributed by atoms with Crippen LogP contribution in [0, 0.1) is 0 Å². The van der Waals surface area contributed by atoms with Gasteiger partial charge in [0, 0.05) is 17.6 Å². The summed E-state index contributed by atoms with van der Waals surface area (Å²) >= 11 is 7.37. The van der Waals surface area contributed by atoms with E-state index in [0.29, 0.717) is 5.15 Å². The third kappa shape index (κ3) is 2.83. The summed E-state index contributed by atoms with van der Waals surface area (Å²) in [6.07, 6.45) is 1.77. The van der Waals surface area contributed by atoms with Crippen LogP contribution in [-0.2, 0) is 5.75 Å². The molecule has 6 heteroatoms. The SMILES string of the molecule is Nc1ccc2nc(SCc3ccc(Cl)nc3)[nH]c2c1. The molecule has 0 saturated heterocycles. The zero-order valence-corrected chi connectivity index (χ0v) is 11.5. The van der Waals surface area contributed by atoms with E-state index in [-0.39, 0.29) is 0 Å². The van der Waals surface area contributed by atoms with Crippen LogP contribution in [-0.4, -0.2) is 15.0 Å². The van der Waals surface area contributed by atoms with Gasteiger partial charge < -0.3 is 10.7 Å². The third-order valence-corrected chi connectivity index (χ3v) is 3.82. The van der Waals surface area contributed by atoms with Gasteiger partial charge in [-0.1, -0.05) is 29.4 Å². The van der Waals surface area contributed by atoms with Crippen LogP contribution in [0.2, 0.25) is 5.15 Å². The summed E-state index contributed by atoms with van der Waals surface area (Å²) in [6.45, 7) is 0. The molecule has 3 N–H and O–H groups in total. The maximum absolute atomic E-state index is 5.75. The Labute approximate surface area is 119 Å². The van der Waals surface area contributed by atoms with Crippen molar-refractivity contribution in [3.05, 3.63) is 47.2 Å². The van der Waals surface area contributed by atoms with Crippen LogP contribution in [0.25, 0.3) is 11.0 Å². The van der Waals surface area contributed by atoms with Crippen LogP contribution in [0.5, 0.6) is 0 Å². The smallest absolute Gasteiger partial charge is 0.166 e. The van der Waals surface area contributed by atoms with E-state index >= 15 is 0 Å². The minimum atomic E-state index is 0.507. The van der Waals surface area contributed by atoms with E-state index in [2.05, 4.69) is 15.0 Å². The first-order chi connectivity index (χ1) is 9.20. The number of nitrogens with zero attached hydrogens (tertiary/aromatic N) is 2. The second-order valence-corrected chi connectivity index (χ2v) is 5.45. The molecule has 2 aromatic heterocycles. The van der Waals surface area contributed by atoms with E-state index in [0.717, 1.165) is 33.2 Å². The fourth-order valence-corrected chi connectivity index (χ4v) is 2.65. The Kier molecular flexibility index (Phi) is 3.31. The lowest BCUT2D eigenvalue weighted by atomic mass is 10.3. The molecule has 3 rings (SSSR count). The average Bonchev–Trinajstić information content (AvgIpc) is 2.80. The van der Waals surface area contributed by atoms with Crippen LogP contribution in [0.4, 0.5) is 5.69 Å². The van der Waals surface area contributed by atoms with Crippen LogP contribution in [0.15, 0.2) is 41.7 Å². The Morgan fingerprint density at radius 2 is 2.16 bits per heavy atom. The van der Waals surface area contributed by atoms with Crippen molar-refractivity contribution in [2.45, 2.75) is 10.9 Å². The number of thioether (sulfide) groups is 1. The molecule has 0 bridgehead atoms. The maximum Gasteiger partial charge on any atom is 0.166 e. The first kappa shape index (κ1) is 12.3. The highest BCUT2D eigenvalue weighted by molar-refractivity contribution is 7.98.